The Bertz CT molecular complexity index is 434. The van der Waals surface area contributed by atoms with E-state index in [-0.39, 0.29) is 0 Å². The van der Waals surface area contributed by atoms with Crippen LogP contribution in [-0.2, 0) is 12.4 Å². The van der Waals surface area contributed by atoms with Crippen LogP contribution in [0, 0.1) is 0 Å². The Labute approximate surface area is 94.5 Å². The molecule has 0 spiro atoms. The molecule has 0 atom stereocenters. The number of aromatic nitrogens is 2. The van der Waals surface area contributed by atoms with Crippen LogP contribution in [0.5, 0.6) is 0 Å². The fraction of sp³-hybridized carbons (Fsp3) is 0.250. The molecule has 0 unspecified atom stereocenters. The highest BCUT2D eigenvalue weighted by Crippen LogP contribution is 2.22. The van der Waals surface area contributed by atoms with Crippen molar-refractivity contribution in [2.24, 2.45) is 0 Å². The first-order valence-corrected chi connectivity index (χ1v) is 5.56. The van der Waals surface area contributed by atoms with E-state index >= 15 is 0 Å². The molecule has 2 aromatic rings. The number of hydrogen-bond acceptors (Lipinski definition) is 1. The second-order valence-electron chi connectivity index (χ2n) is 3.36. The summed E-state index contributed by atoms with van der Waals surface area (Å²) in [6.45, 7) is 2.94. The van der Waals surface area contributed by atoms with Crippen molar-refractivity contribution < 1.29 is 0 Å². The SMILES string of the molecule is CCn1cc(CCl)c(-c2ccccc2)n1. The van der Waals surface area contributed by atoms with Gasteiger partial charge < -0.3 is 0 Å². The molecule has 15 heavy (non-hydrogen) atoms. The lowest BCUT2D eigenvalue weighted by Gasteiger charge is -1.98. The topological polar surface area (TPSA) is 17.8 Å². The van der Waals surface area contributed by atoms with Crippen molar-refractivity contribution in [3.63, 3.8) is 0 Å². The molecule has 0 aliphatic heterocycles. The summed E-state index contributed by atoms with van der Waals surface area (Å²) < 4.78 is 1.92. The first-order chi connectivity index (χ1) is 7.35. The summed E-state index contributed by atoms with van der Waals surface area (Å²) in [7, 11) is 0. The molecule has 0 bridgehead atoms. The zero-order valence-corrected chi connectivity index (χ0v) is 9.41. The van der Waals surface area contributed by atoms with Crippen LogP contribution in [-0.4, -0.2) is 9.78 Å². The second-order valence-corrected chi connectivity index (χ2v) is 3.63. The van der Waals surface area contributed by atoms with E-state index in [0.29, 0.717) is 5.88 Å². The molecule has 0 saturated heterocycles. The minimum atomic E-state index is 0.504. The fourth-order valence-corrected chi connectivity index (χ4v) is 1.76. The van der Waals surface area contributed by atoms with Crippen molar-refractivity contribution in [3.8, 4) is 11.3 Å². The van der Waals surface area contributed by atoms with Crippen LogP contribution in [0.25, 0.3) is 11.3 Å². The Kier molecular flexibility index (Phi) is 3.07. The molecular weight excluding hydrogens is 208 g/mol. The van der Waals surface area contributed by atoms with E-state index in [0.717, 1.165) is 23.4 Å². The third-order valence-electron chi connectivity index (χ3n) is 2.35. The summed E-state index contributed by atoms with van der Waals surface area (Å²) in [6, 6.07) is 10.1. The third kappa shape index (κ3) is 2.05. The molecule has 2 nitrogen and oxygen atoms in total. The van der Waals surface area contributed by atoms with Gasteiger partial charge in [0.15, 0.2) is 0 Å². The molecule has 0 aliphatic rings. The lowest BCUT2D eigenvalue weighted by molar-refractivity contribution is 0.661. The molecule has 0 amide bonds. The van der Waals surface area contributed by atoms with Crippen molar-refractivity contribution in [2.75, 3.05) is 0 Å². The van der Waals surface area contributed by atoms with E-state index in [1.165, 1.54) is 0 Å². The lowest BCUT2D eigenvalue weighted by Crippen LogP contribution is -1.93. The average molecular weight is 221 g/mol. The Morgan fingerprint density at radius 3 is 2.60 bits per heavy atom. The first kappa shape index (κ1) is 10.2. The van der Waals surface area contributed by atoms with Crippen molar-refractivity contribution in [1.29, 1.82) is 0 Å². The van der Waals surface area contributed by atoms with E-state index in [2.05, 4.69) is 24.2 Å². The maximum atomic E-state index is 5.90. The van der Waals surface area contributed by atoms with E-state index in [1.54, 1.807) is 0 Å². The Balaban J connectivity index is 2.47. The highest BCUT2D eigenvalue weighted by atomic mass is 35.5. The molecule has 0 N–H and O–H groups in total. The van der Waals surface area contributed by atoms with Crippen LogP contribution in [0.2, 0.25) is 0 Å². The van der Waals surface area contributed by atoms with Crippen LogP contribution in [0.1, 0.15) is 12.5 Å². The van der Waals surface area contributed by atoms with Crippen molar-refractivity contribution in [1.82, 2.24) is 9.78 Å². The number of rotatable bonds is 3. The van der Waals surface area contributed by atoms with Gasteiger partial charge in [0.05, 0.1) is 11.6 Å². The fourth-order valence-electron chi connectivity index (χ4n) is 1.56. The van der Waals surface area contributed by atoms with Crippen molar-refractivity contribution in [2.45, 2.75) is 19.3 Å². The third-order valence-corrected chi connectivity index (χ3v) is 2.64. The Morgan fingerprint density at radius 1 is 1.27 bits per heavy atom. The predicted octanol–water partition coefficient (Wildman–Crippen LogP) is 3.31. The molecule has 1 aromatic carbocycles. The molecular formula is C12H13ClN2. The second kappa shape index (κ2) is 4.49. The van der Waals surface area contributed by atoms with E-state index in [4.69, 9.17) is 11.6 Å². The number of benzene rings is 1. The molecule has 0 radical (unpaired) electrons. The number of alkyl halides is 1. The van der Waals surface area contributed by atoms with Crippen LogP contribution >= 0.6 is 11.6 Å². The van der Waals surface area contributed by atoms with Gasteiger partial charge in [-0.2, -0.15) is 5.10 Å². The summed E-state index contributed by atoms with van der Waals surface area (Å²) in [5.41, 5.74) is 3.21. The number of aryl methyl sites for hydroxylation is 1. The van der Waals surface area contributed by atoms with E-state index in [1.807, 2.05) is 29.1 Å². The van der Waals surface area contributed by atoms with Gasteiger partial charge in [-0.05, 0) is 6.92 Å². The first-order valence-electron chi connectivity index (χ1n) is 5.03. The summed E-state index contributed by atoms with van der Waals surface area (Å²) >= 11 is 5.90. The quantitative estimate of drug-likeness (QED) is 0.726. The Morgan fingerprint density at radius 2 is 2.00 bits per heavy atom. The monoisotopic (exact) mass is 220 g/mol. The van der Waals surface area contributed by atoms with Gasteiger partial charge in [-0.25, -0.2) is 0 Å². The van der Waals surface area contributed by atoms with Crippen molar-refractivity contribution in [3.05, 3.63) is 42.1 Å². The van der Waals surface area contributed by atoms with Gasteiger partial charge >= 0.3 is 0 Å². The van der Waals surface area contributed by atoms with Crippen molar-refractivity contribution >= 4 is 11.6 Å². The molecule has 1 heterocycles. The average Bonchev–Trinajstić information content (AvgIpc) is 2.73. The molecule has 1 aromatic heterocycles. The van der Waals surface area contributed by atoms with Gasteiger partial charge in [0.25, 0.3) is 0 Å². The summed E-state index contributed by atoms with van der Waals surface area (Å²) in [5, 5.41) is 4.50. The lowest BCUT2D eigenvalue weighted by atomic mass is 10.1. The van der Waals surface area contributed by atoms with Crippen LogP contribution in [0.15, 0.2) is 36.5 Å². The van der Waals surface area contributed by atoms with E-state index < -0.39 is 0 Å². The van der Waals surface area contributed by atoms with Gasteiger partial charge in [-0.15, -0.1) is 11.6 Å². The summed E-state index contributed by atoms with van der Waals surface area (Å²) in [5.74, 6) is 0.504. The standard InChI is InChI=1S/C12H13ClN2/c1-2-15-9-11(8-13)12(14-15)10-6-4-3-5-7-10/h3-7,9H,2,8H2,1H3. The molecule has 78 valence electrons. The molecule has 0 aliphatic carbocycles. The molecule has 2 rings (SSSR count). The summed E-state index contributed by atoms with van der Waals surface area (Å²) in [6.07, 6.45) is 2.01. The number of halogens is 1. The van der Waals surface area contributed by atoms with Crippen LogP contribution in [0.4, 0.5) is 0 Å². The van der Waals surface area contributed by atoms with Gasteiger partial charge in [-0.3, -0.25) is 4.68 Å². The molecule has 3 heteroatoms. The zero-order chi connectivity index (χ0) is 10.7. The van der Waals surface area contributed by atoms with Crippen LogP contribution < -0.4 is 0 Å². The normalized spacial score (nSPS) is 10.5. The smallest absolute Gasteiger partial charge is 0.0967 e. The van der Waals surface area contributed by atoms with Crippen LogP contribution in [0.3, 0.4) is 0 Å². The van der Waals surface area contributed by atoms with Gasteiger partial charge in [-0.1, -0.05) is 30.3 Å². The maximum absolute atomic E-state index is 5.90. The van der Waals surface area contributed by atoms with Gasteiger partial charge in [0, 0.05) is 23.9 Å². The minimum Gasteiger partial charge on any atom is -0.272 e. The minimum absolute atomic E-state index is 0.504. The molecule has 0 saturated carbocycles. The summed E-state index contributed by atoms with van der Waals surface area (Å²) in [4.78, 5) is 0. The largest absolute Gasteiger partial charge is 0.272 e. The Hall–Kier alpha value is -1.28. The van der Waals surface area contributed by atoms with Gasteiger partial charge in [0.1, 0.15) is 0 Å². The maximum Gasteiger partial charge on any atom is 0.0967 e. The number of hydrogen-bond donors (Lipinski definition) is 0. The zero-order valence-electron chi connectivity index (χ0n) is 8.65. The number of nitrogens with zero attached hydrogens (tertiary/aromatic N) is 2. The van der Waals surface area contributed by atoms with E-state index in [9.17, 15) is 0 Å². The predicted molar refractivity (Wildman–Crippen MR) is 62.9 cm³/mol. The van der Waals surface area contributed by atoms with Gasteiger partial charge in [0.2, 0.25) is 0 Å². The molecule has 0 fully saturated rings. The highest BCUT2D eigenvalue weighted by molar-refractivity contribution is 6.17. The highest BCUT2D eigenvalue weighted by Gasteiger charge is 2.08.